The molecule has 0 atom stereocenters. The van der Waals surface area contributed by atoms with Crippen molar-refractivity contribution in [1.82, 2.24) is 4.90 Å². The summed E-state index contributed by atoms with van der Waals surface area (Å²) >= 11 is 0. The first-order valence-electron chi connectivity index (χ1n) is 7.05. The molecule has 0 saturated heterocycles. The topological polar surface area (TPSA) is 66.6 Å². The average Bonchev–Trinajstić information content (AvgIpc) is 2.47. The quantitative estimate of drug-likeness (QED) is 0.829. The maximum Gasteiger partial charge on any atom is 0.227 e. The van der Waals surface area contributed by atoms with Crippen molar-refractivity contribution < 1.29 is 9.90 Å². The van der Waals surface area contributed by atoms with Crippen LogP contribution in [0.2, 0.25) is 0 Å². The van der Waals surface area contributed by atoms with Crippen molar-refractivity contribution in [3.05, 3.63) is 59.2 Å². The van der Waals surface area contributed by atoms with Crippen molar-refractivity contribution >= 4 is 11.6 Å². The Labute approximate surface area is 123 Å². The molecule has 1 amide bonds. The number of nitrogen functional groups attached to an aromatic ring is 1. The van der Waals surface area contributed by atoms with Gasteiger partial charge in [0.2, 0.25) is 5.91 Å². The highest BCUT2D eigenvalue weighted by Crippen LogP contribution is 2.24. The summed E-state index contributed by atoms with van der Waals surface area (Å²) in [4.78, 5) is 14.2. The van der Waals surface area contributed by atoms with Crippen LogP contribution >= 0.6 is 0 Å². The first kappa shape index (κ1) is 13.5. The Bertz CT molecular complexity index is 682. The van der Waals surface area contributed by atoms with Gasteiger partial charge in [0.25, 0.3) is 0 Å². The van der Waals surface area contributed by atoms with E-state index in [2.05, 4.69) is 0 Å². The summed E-state index contributed by atoms with van der Waals surface area (Å²) in [7, 11) is 0. The molecule has 0 bridgehead atoms. The highest BCUT2D eigenvalue weighted by Gasteiger charge is 2.21. The molecule has 2 aromatic rings. The molecule has 1 heterocycles. The van der Waals surface area contributed by atoms with Crippen molar-refractivity contribution in [2.45, 2.75) is 19.4 Å². The minimum absolute atomic E-state index is 0.0775. The first-order chi connectivity index (χ1) is 10.1. The second kappa shape index (κ2) is 5.48. The Morgan fingerprint density at radius 1 is 1.24 bits per heavy atom. The zero-order chi connectivity index (χ0) is 14.8. The molecular weight excluding hydrogens is 264 g/mol. The Kier molecular flexibility index (Phi) is 3.52. The van der Waals surface area contributed by atoms with Gasteiger partial charge in [0, 0.05) is 18.8 Å². The van der Waals surface area contributed by atoms with Crippen LogP contribution in [0.3, 0.4) is 0 Å². The van der Waals surface area contributed by atoms with Gasteiger partial charge in [-0.05, 0) is 41.3 Å². The number of rotatable bonds is 2. The fourth-order valence-corrected chi connectivity index (χ4v) is 2.80. The van der Waals surface area contributed by atoms with Crippen LogP contribution in [0.15, 0.2) is 42.5 Å². The van der Waals surface area contributed by atoms with Crippen LogP contribution in [0.1, 0.15) is 16.7 Å². The van der Waals surface area contributed by atoms with Crippen molar-refractivity contribution in [2.24, 2.45) is 0 Å². The van der Waals surface area contributed by atoms with E-state index < -0.39 is 0 Å². The van der Waals surface area contributed by atoms with Gasteiger partial charge in [-0.3, -0.25) is 4.79 Å². The third-order valence-corrected chi connectivity index (χ3v) is 3.92. The van der Waals surface area contributed by atoms with E-state index in [9.17, 15) is 9.90 Å². The molecule has 2 aromatic carbocycles. The largest absolute Gasteiger partial charge is 0.508 e. The van der Waals surface area contributed by atoms with E-state index in [1.54, 1.807) is 18.2 Å². The van der Waals surface area contributed by atoms with Crippen LogP contribution in [0.4, 0.5) is 5.69 Å². The molecule has 21 heavy (non-hydrogen) atoms. The van der Waals surface area contributed by atoms with Crippen molar-refractivity contribution in [2.75, 3.05) is 12.3 Å². The zero-order valence-electron chi connectivity index (χ0n) is 11.7. The SMILES string of the molecule is Nc1cccc2c1CCN(C(=O)Cc1cccc(O)c1)C2. The van der Waals surface area contributed by atoms with Gasteiger partial charge in [0.05, 0.1) is 6.42 Å². The third kappa shape index (κ3) is 2.84. The van der Waals surface area contributed by atoms with Gasteiger partial charge in [-0.2, -0.15) is 0 Å². The van der Waals surface area contributed by atoms with Gasteiger partial charge in [-0.15, -0.1) is 0 Å². The summed E-state index contributed by atoms with van der Waals surface area (Å²) in [5, 5.41) is 9.46. The van der Waals surface area contributed by atoms with E-state index in [-0.39, 0.29) is 11.7 Å². The molecule has 108 valence electrons. The minimum Gasteiger partial charge on any atom is -0.508 e. The molecule has 3 rings (SSSR count). The first-order valence-corrected chi connectivity index (χ1v) is 7.05. The number of carbonyl (C=O) groups excluding carboxylic acids is 1. The molecule has 0 unspecified atom stereocenters. The standard InChI is InChI=1S/C17H18N2O2/c18-16-6-2-4-13-11-19(8-7-15(13)16)17(21)10-12-3-1-5-14(20)9-12/h1-6,9,20H,7-8,10-11,18H2. The summed E-state index contributed by atoms with van der Waals surface area (Å²) in [6.07, 6.45) is 1.11. The molecule has 0 spiro atoms. The van der Waals surface area contributed by atoms with Crippen molar-refractivity contribution in [1.29, 1.82) is 0 Å². The van der Waals surface area contributed by atoms with Crippen molar-refractivity contribution in [3.63, 3.8) is 0 Å². The van der Waals surface area contributed by atoms with E-state index in [0.29, 0.717) is 19.5 Å². The maximum atomic E-state index is 12.4. The number of hydrogen-bond donors (Lipinski definition) is 2. The van der Waals surface area contributed by atoms with Gasteiger partial charge in [-0.25, -0.2) is 0 Å². The van der Waals surface area contributed by atoms with Crippen LogP contribution in [-0.2, 0) is 24.2 Å². The number of amides is 1. The molecule has 1 aliphatic rings. The highest BCUT2D eigenvalue weighted by molar-refractivity contribution is 5.79. The minimum atomic E-state index is 0.0775. The molecular formula is C17H18N2O2. The predicted molar refractivity (Wildman–Crippen MR) is 81.8 cm³/mol. The molecule has 1 aliphatic heterocycles. The van der Waals surface area contributed by atoms with Crippen LogP contribution in [0, 0.1) is 0 Å². The zero-order valence-corrected chi connectivity index (χ0v) is 11.7. The summed E-state index contributed by atoms with van der Waals surface area (Å²) in [6.45, 7) is 1.30. The number of benzene rings is 2. The molecule has 0 fully saturated rings. The summed E-state index contributed by atoms with van der Waals surface area (Å²) < 4.78 is 0. The Morgan fingerprint density at radius 3 is 2.86 bits per heavy atom. The van der Waals surface area contributed by atoms with E-state index in [1.165, 1.54) is 5.56 Å². The van der Waals surface area contributed by atoms with Crippen molar-refractivity contribution in [3.8, 4) is 5.75 Å². The number of aromatic hydroxyl groups is 1. The lowest BCUT2D eigenvalue weighted by Crippen LogP contribution is -2.37. The highest BCUT2D eigenvalue weighted by atomic mass is 16.3. The van der Waals surface area contributed by atoms with Gasteiger partial charge in [-0.1, -0.05) is 24.3 Å². The van der Waals surface area contributed by atoms with Gasteiger partial charge in [0.1, 0.15) is 5.75 Å². The molecule has 4 heteroatoms. The van der Waals surface area contributed by atoms with Crippen LogP contribution in [0.5, 0.6) is 5.75 Å². The lowest BCUT2D eigenvalue weighted by molar-refractivity contribution is -0.131. The van der Waals surface area contributed by atoms with Gasteiger partial charge < -0.3 is 15.7 Å². The van der Waals surface area contributed by atoms with E-state index in [1.807, 2.05) is 29.2 Å². The number of fused-ring (bicyclic) bond motifs is 1. The summed E-state index contributed by atoms with van der Waals surface area (Å²) in [6, 6.07) is 12.7. The number of phenols is 1. The Hall–Kier alpha value is -2.49. The average molecular weight is 282 g/mol. The summed E-state index contributed by atoms with van der Waals surface area (Å²) in [5.41, 5.74) is 9.91. The van der Waals surface area contributed by atoms with E-state index >= 15 is 0 Å². The second-order valence-corrected chi connectivity index (χ2v) is 5.40. The molecule has 4 nitrogen and oxygen atoms in total. The van der Waals surface area contributed by atoms with Gasteiger partial charge >= 0.3 is 0 Å². The lowest BCUT2D eigenvalue weighted by Gasteiger charge is -2.29. The Balaban J connectivity index is 1.72. The lowest BCUT2D eigenvalue weighted by atomic mass is 9.97. The summed E-state index contributed by atoms with van der Waals surface area (Å²) in [5.74, 6) is 0.269. The molecule has 0 aromatic heterocycles. The Morgan fingerprint density at radius 2 is 2.05 bits per heavy atom. The monoisotopic (exact) mass is 282 g/mol. The number of carbonyl (C=O) groups is 1. The number of nitrogens with zero attached hydrogens (tertiary/aromatic N) is 1. The number of anilines is 1. The van der Waals surface area contributed by atoms with E-state index in [4.69, 9.17) is 5.73 Å². The van der Waals surface area contributed by atoms with Gasteiger partial charge in [0.15, 0.2) is 0 Å². The fourth-order valence-electron chi connectivity index (χ4n) is 2.80. The van der Waals surface area contributed by atoms with Crippen LogP contribution in [-0.4, -0.2) is 22.5 Å². The van der Waals surface area contributed by atoms with Crippen LogP contribution in [0.25, 0.3) is 0 Å². The second-order valence-electron chi connectivity index (χ2n) is 5.40. The number of phenolic OH excluding ortho intramolecular Hbond substituents is 1. The van der Waals surface area contributed by atoms with E-state index in [0.717, 1.165) is 23.2 Å². The molecule has 3 N–H and O–H groups in total. The fraction of sp³-hybridized carbons (Fsp3) is 0.235. The predicted octanol–water partition coefficient (Wildman–Crippen LogP) is 2.10. The normalized spacial score (nSPS) is 13.8. The molecule has 0 radical (unpaired) electrons. The number of hydrogen-bond acceptors (Lipinski definition) is 3. The smallest absolute Gasteiger partial charge is 0.227 e. The van der Waals surface area contributed by atoms with Crippen LogP contribution < -0.4 is 5.73 Å². The number of nitrogens with two attached hydrogens (primary N) is 1. The maximum absolute atomic E-state index is 12.4. The third-order valence-electron chi connectivity index (χ3n) is 3.92. The molecule has 0 aliphatic carbocycles. The molecule has 0 saturated carbocycles.